The number of aromatic nitrogens is 3. The topological polar surface area (TPSA) is 70.9 Å². The minimum absolute atomic E-state index is 0.134. The van der Waals surface area contributed by atoms with Crippen LogP contribution in [0.2, 0.25) is 0 Å². The first-order valence-electron chi connectivity index (χ1n) is 8.43. The lowest BCUT2D eigenvalue weighted by molar-refractivity contribution is -0.650. The van der Waals surface area contributed by atoms with Crippen LogP contribution in [0.25, 0.3) is 11.2 Å². The molecule has 6 nitrogen and oxygen atoms in total. The highest BCUT2D eigenvalue weighted by Gasteiger charge is 2.24. The van der Waals surface area contributed by atoms with Crippen LogP contribution in [0, 0.1) is 0 Å². The summed E-state index contributed by atoms with van der Waals surface area (Å²) in [5, 5.41) is 2.82. The lowest BCUT2D eigenvalue weighted by Crippen LogP contribution is -2.34. The number of hydrogen-bond donors (Lipinski definition) is 2. The minimum atomic E-state index is -0.134. The van der Waals surface area contributed by atoms with Gasteiger partial charge in [-0.1, -0.05) is 26.0 Å². The Balaban J connectivity index is 2.00. The van der Waals surface area contributed by atoms with E-state index in [0.29, 0.717) is 35.1 Å². The number of aryl methyl sites for hydroxylation is 1. The molecule has 0 aliphatic carbocycles. The predicted molar refractivity (Wildman–Crippen MR) is 95.9 cm³/mol. The molecule has 0 bridgehead atoms. The van der Waals surface area contributed by atoms with E-state index in [4.69, 9.17) is 4.74 Å². The Labute approximate surface area is 146 Å². The number of rotatable bonds is 5. The van der Waals surface area contributed by atoms with Gasteiger partial charge in [-0.15, -0.1) is 0 Å². The van der Waals surface area contributed by atoms with Crippen LogP contribution in [-0.2, 0) is 7.05 Å². The number of fused-ring (bicyclic) bond motifs is 1. The van der Waals surface area contributed by atoms with Crippen molar-refractivity contribution < 1.29 is 14.1 Å². The molecule has 0 unspecified atom stereocenters. The van der Waals surface area contributed by atoms with Gasteiger partial charge in [0.15, 0.2) is 0 Å². The number of hydrogen-bond acceptors (Lipinski definition) is 3. The van der Waals surface area contributed by atoms with Crippen molar-refractivity contribution in [1.29, 1.82) is 0 Å². The fourth-order valence-corrected chi connectivity index (χ4v) is 2.74. The number of nitrogens with one attached hydrogen (secondary N) is 2. The third-order valence-corrected chi connectivity index (χ3v) is 4.13. The van der Waals surface area contributed by atoms with E-state index in [2.05, 4.69) is 35.2 Å². The third-order valence-electron chi connectivity index (χ3n) is 4.13. The van der Waals surface area contributed by atoms with Crippen LogP contribution < -0.4 is 14.6 Å². The van der Waals surface area contributed by atoms with Crippen LogP contribution in [-0.4, -0.2) is 22.4 Å². The van der Waals surface area contributed by atoms with Crippen LogP contribution in [0.15, 0.2) is 36.7 Å². The summed E-state index contributed by atoms with van der Waals surface area (Å²) in [6.07, 6.45) is 3.33. The molecule has 3 rings (SSSR count). The smallest absolute Gasteiger partial charge is 0.392 e. The van der Waals surface area contributed by atoms with Gasteiger partial charge < -0.3 is 15.0 Å². The molecule has 2 heterocycles. The number of benzene rings is 1. The Hall–Kier alpha value is -2.89. The van der Waals surface area contributed by atoms with E-state index in [1.54, 1.807) is 12.4 Å². The molecule has 3 aromatic rings. The van der Waals surface area contributed by atoms with Crippen LogP contribution in [0.5, 0.6) is 11.6 Å². The van der Waals surface area contributed by atoms with Gasteiger partial charge in [-0.3, -0.25) is 4.79 Å². The van der Waals surface area contributed by atoms with E-state index in [0.717, 1.165) is 5.75 Å². The van der Waals surface area contributed by atoms with Gasteiger partial charge in [0.2, 0.25) is 5.65 Å². The van der Waals surface area contributed by atoms with Gasteiger partial charge in [0.05, 0.1) is 0 Å². The first-order valence-corrected chi connectivity index (χ1v) is 8.43. The fraction of sp³-hybridized carbons (Fsp3) is 0.316. The molecule has 0 radical (unpaired) electrons. The molecule has 2 N–H and O–H groups in total. The molecule has 0 aliphatic rings. The van der Waals surface area contributed by atoms with Gasteiger partial charge in [0.1, 0.15) is 24.6 Å². The number of amides is 1. The average molecular weight is 339 g/mol. The van der Waals surface area contributed by atoms with Gasteiger partial charge in [-0.25, -0.2) is 4.98 Å². The average Bonchev–Trinajstić information content (AvgIpc) is 3.03. The molecule has 130 valence electrons. The molecule has 0 spiro atoms. The molecule has 0 aliphatic heterocycles. The fourth-order valence-electron chi connectivity index (χ4n) is 2.74. The van der Waals surface area contributed by atoms with E-state index < -0.39 is 0 Å². The Morgan fingerprint density at radius 2 is 2.20 bits per heavy atom. The molecule has 25 heavy (non-hydrogen) atoms. The molecular formula is C19H23N4O2+. The van der Waals surface area contributed by atoms with Crippen molar-refractivity contribution in [2.24, 2.45) is 7.05 Å². The number of ether oxygens (including phenoxy) is 1. The van der Waals surface area contributed by atoms with Crippen molar-refractivity contribution in [2.45, 2.75) is 26.7 Å². The Bertz CT molecular complexity index is 915. The van der Waals surface area contributed by atoms with Crippen LogP contribution in [0.4, 0.5) is 0 Å². The van der Waals surface area contributed by atoms with Crippen molar-refractivity contribution >= 4 is 17.1 Å². The molecule has 1 amide bonds. The highest BCUT2D eigenvalue weighted by molar-refractivity contribution is 6.03. The Kier molecular flexibility index (Phi) is 4.70. The lowest BCUT2D eigenvalue weighted by Gasteiger charge is -2.08. The van der Waals surface area contributed by atoms with E-state index >= 15 is 0 Å². The monoisotopic (exact) mass is 339 g/mol. The molecule has 0 saturated heterocycles. The quantitative estimate of drug-likeness (QED) is 0.702. The maximum absolute atomic E-state index is 12.2. The summed E-state index contributed by atoms with van der Waals surface area (Å²) in [4.78, 5) is 19.7. The molecule has 2 aromatic heterocycles. The molecule has 1 aromatic carbocycles. The van der Waals surface area contributed by atoms with E-state index in [9.17, 15) is 4.79 Å². The zero-order chi connectivity index (χ0) is 18.0. The second kappa shape index (κ2) is 6.93. The summed E-state index contributed by atoms with van der Waals surface area (Å²) in [5.41, 5.74) is 3.11. The number of carbonyl (C=O) groups is 1. The largest absolute Gasteiger partial charge is 0.404 e. The van der Waals surface area contributed by atoms with Crippen molar-refractivity contribution in [1.82, 2.24) is 15.3 Å². The molecular weight excluding hydrogens is 316 g/mol. The van der Waals surface area contributed by atoms with Crippen molar-refractivity contribution in [2.75, 3.05) is 6.54 Å². The van der Waals surface area contributed by atoms with Gasteiger partial charge in [0.25, 0.3) is 11.4 Å². The first kappa shape index (κ1) is 17.0. The van der Waals surface area contributed by atoms with E-state index in [1.807, 2.05) is 36.7 Å². The van der Waals surface area contributed by atoms with E-state index in [1.165, 1.54) is 5.56 Å². The summed E-state index contributed by atoms with van der Waals surface area (Å²) in [6.45, 7) is 6.75. The second-order valence-corrected chi connectivity index (χ2v) is 6.24. The summed E-state index contributed by atoms with van der Waals surface area (Å²) in [7, 11) is 1.86. The van der Waals surface area contributed by atoms with Crippen molar-refractivity contribution in [3.05, 3.63) is 47.8 Å². The maximum atomic E-state index is 12.2. The van der Waals surface area contributed by atoms with Crippen LogP contribution >= 0.6 is 0 Å². The van der Waals surface area contributed by atoms with Gasteiger partial charge in [-0.05, 0) is 30.5 Å². The van der Waals surface area contributed by atoms with Gasteiger partial charge in [0, 0.05) is 12.7 Å². The third kappa shape index (κ3) is 3.33. The maximum Gasteiger partial charge on any atom is 0.392 e. The zero-order valence-corrected chi connectivity index (χ0v) is 15.0. The molecule has 0 atom stereocenters. The summed E-state index contributed by atoms with van der Waals surface area (Å²) in [5.74, 6) is 1.61. The van der Waals surface area contributed by atoms with Gasteiger partial charge >= 0.3 is 5.88 Å². The zero-order valence-electron chi connectivity index (χ0n) is 15.0. The van der Waals surface area contributed by atoms with Crippen LogP contribution in [0.3, 0.4) is 0 Å². The number of H-pyrrole nitrogens is 1. The highest BCUT2D eigenvalue weighted by Crippen LogP contribution is 2.24. The summed E-state index contributed by atoms with van der Waals surface area (Å²) < 4.78 is 7.87. The minimum Gasteiger partial charge on any atom is -0.404 e. The van der Waals surface area contributed by atoms with Crippen molar-refractivity contribution in [3.63, 3.8) is 0 Å². The Morgan fingerprint density at radius 3 is 2.92 bits per heavy atom. The predicted octanol–water partition coefficient (Wildman–Crippen LogP) is 3.05. The second-order valence-electron chi connectivity index (χ2n) is 6.24. The first-order chi connectivity index (χ1) is 12.0. The molecule has 0 fully saturated rings. The number of nitrogens with zero attached hydrogens (tertiary/aromatic N) is 2. The van der Waals surface area contributed by atoms with Crippen molar-refractivity contribution in [3.8, 4) is 11.6 Å². The summed E-state index contributed by atoms with van der Waals surface area (Å²) >= 11 is 0. The van der Waals surface area contributed by atoms with E-state index in [-0.39, 0.29) is 5.91 Å². The van der Waals surface area contributed by atoms with Crippen LogP contribution in [0.1, 0.15) is 42.6 Å². The number of aromatic amines is 1. The molecule has 0 saturated carbocycles. The molecule has 6 heteroatoms. The number of carbonyl (C=O) groups excluding carboxylic acids is 1. The lowest BCUT2D eigenvalue weighted by atomic mass is 10.0. The standard InChI is InChI=1S/C19H22N4O2/c1-5-20-19(24)15-10-21-18-17(15)23(4)16(11-22-18)25-14-8-6-7-13(9-14)12(2)3/h6-12H,5H2,1-4H3,(H,20,24)/p+1. The SMILES string of the molecule is CCNC(=O)c1c[nH]c2ncc(Oc3cccc(C(C)C)c3)[n+](C)c12. The summed E-state index contributed by atoms with van der Waals surface area (Å²) in [6, 6.07) is 8.00. The van der Waals surface area contributed by atoms with Gasteiger partial charge in [-0.2, -0.15) is 4.57 Å². The highest BCUT2D eigenvalue weighted by atomic mass is 16.5. The Morgan fingerprint density at radius 1 is 1.40 bits per heavy atom. The normalized spacial score (nSPS) is 11.1.